The second-order valence-corrected chi connectivity index (χ2v) is 6.42. The van der Waals surface area contributed by atoms with Crippen LogP contribution in [0.25, 0.3) is 0 Å². The van der Waals surface area contributed by atoms with E-state index in [2.05, 4.69) is 21.2 Å². The van der Waals surface area contributed by atoms with E-state index in [-0.39, 0.29) is 17.6 Å². The summed E-state index contributed by atoms with van der Waals surface area (Å²) in [5.74, 6) is -0.673. The van der Waals surface area contributed by atoms with Gasteiger partial charge in [0.1, 0.15) is 0 Å². The number of hydrogen-bond acceptors (Lipinski definition) is 2. The number of rotatable bonds is 5. The monoisotopic (exact) mass is 356 g/mol. The summed E-state index contributed by atoms with van der Waals surface area (Å²) >= 11 is 3.32. The summed E-state index contributed by atoms with van der Waals surface area (Å²) in [5, 5.41) is 11.8. The summed E-state index contributed by atoms with van der Waals surface area (Å²) in [6.07, 6.45) is 0. The Labute approximate surface area is 133 Å². The van der Waals surface area contributed by atoms with E-state index in [1.807, 2.05) is 27.7 Å². The number of nitrogens with zero attached hydrogens (tertiary/aromatic N) is 1. The molecule has 116 valence electrons. The first-order valence-electron chi connectivity index (χ1n) is 6.82. The van der Waals surface area contributed by atoms with Crippen molar-refractivity contribution in [3.8, 4) is 0 Å². The predicted octanol–water partition coefficient (Wildman–Crippen LogP) is 4.05. The molecule has 1 aromatic rings. The van der Waals surface area contributed by atoms with Crippen molar-refractivity contribution in [1.29, 1.82) is 0 Å². The minimum absolute atomic E-state index is 0.0637. The molecule has 1 rings (SSSR count). The molecule has 0 aliphatic rings. The third-order valence-electron chi connectivity index (χ3n) is 2.90. The van der Waals surface area contributed by atoms with Gasteiger partial charge in [-0.05, 0) is 53.9 Å². The van der Waals surface area contributed by atoms with Gasteiger partial charge in [0, 0.05) is 17.1 Å². The number of aromatic carboxylic acids is 1. The zero-order chi connectivity index (χ0) is 16.2. The van der Waals surface area contributed by atoms with Gasteiger partial charge in [-0.1, -0.05) is 13.8 Å². The van der Waals surface area contributed by atoms with Crippen LogP contribution < -0.4 is 5.32 Å². The Kier molecular flexibility index (Phi) is 6.20. The largest absolute Gasteiger partial charge is 0.478 e. The number of benzene rings is 1. The lowest BCUT2D eigenvalue weighted by molar-refractivity contribution is 0.0697. The van der Waals surface area contributed by atoms with E-state index in [4.69, 9.17) is 5.11 Å². The van der Waals surface area contributed by atoms with E-state index < -0.39 is 5.97 Å². The molecular weight excluding hydrogens is 336 g/mol. The SMILES string of the molecule is CC(C)CN(C(=O)Nc1cc(C(=O)O)ccc1Br)C(C)C. The van der Waals surface area contributed by atoms with Crippen LogP contribution in [0, 0.1) is 5.92 Å². The van der Waals surface area contributed by atoms with Crippen LogP contribution in [0.4, 0.5) is 10.5 Å². The van der Waals surface area contributed by atoms with Crippen LogP contribution in [0.3, 0.4) is 0 Å². The van der Waals surface area contributed by atoms with Gasteiger partial charge in [-0.15, -0.1) is 0 Å². The molecule has 0 fully saturated rings. The van der Waals surface area contributed by atoms with Gasteiger partial charge in [0.15, 0.2) is 0 Å². The number of urea groups is 1. The summed E-state index contributed by atoms with van der Waals surface area (Å²) in [5.41, 5.74) is 0.586. The lowest BCUT2D eigenvalue weighted by Crippen LogP contribution is -2.42. The van der Waals surface area contributed by atoms with Crippen LogP contribution in [-0.4, -0.2) is 34.6 Å². The van der Waals surface area contributed by atoms with E-state index in [0.717, 1.165) is 0 Å². The number of nitrogens with one attached hydrogen (secondary N) is 1. The van der Waals surface area contributed by atoms with E-state index >= 15 is 0 Å². The molecule has 0 bridgehead atoms. The second kappa shape index (κ2) is 7.45. The Morgan fingerprint density at radius 3 is 2.38 bits per heavy atom. The topological polar surface area (TPSA) is 69.6 Å². The van der Waals surface area contributed by atoms with Gasteiger partial charge in [0.2, 0.25) is 0 Å². The summed E-state index contributed by atoms with van der Waals surface area (Å²) in [4.78, 5) is 25.1. The van der Waals surface area contributed by atoms with Gasteiger partial charge in [0.25, 0.3) is 0 Å². The first kappa shape index (κ1) is 17.5. The minimum atomic E-state index is -1.03. The molecule has 0 unspecified atom stereocenters. The maximum Gasteiger partial charge on any atom is 0.335 e. The summed E-state index contributed by atoms with van der Waals surface area (Å²) in [6.45, 7) is 8.63. The Bertz CT molecular complexity index is 530. The fourth-order valence-electron chi connectivity index (χ4n) is 1.86. The van der Waals surface area contributed by atoms with Crippen molar-refractivity contribution < 1.29 is 14.7 Å². The van der Waals surface area contributed by atoms with Gasteiger partial charge in [-0.2, -0.15) is 0 Å². The van der Waals surface area contributed by atoms with Crippen LogP contribution in [0.15, 0.2) is 22.7 Å². The van der Waals surface area contributed by atoms with Crippen LogP contribution >= 0.6 is 15.9 Å². The maximum atomic E-state index is 12.4. The standard InChI is InChI=1S/C15H21BrN2O3/c1-9(2)8-18(10(3)4)15(21)17-13-7-11(14(19)20)5-6-12(13)16/h5-7,9-10H,8H2,1-4H3,(H,17,21)(H,19,20). The number of amides is 2. The Hall–Kier alpha value is -1.56. The molecule has 0 spiro atoms. The molecule has 0 heterocycles. The van der Waals surface area contributed by atoms with Crippen LogP contribution in [-0.2, 0) is 0 Å². The zero-order valence-corrected chi connectivity index (χ0v) is 14.3. The van der Waals surface area contributed by atoms with Crippen molar-refractivity contribution in [2.45, 2.75) is 33.7 Å². The predicted molar refractivity (Wildman–Crippen MR) is 86.8 cm³/mol. The number of carboxylic acids is 1. The second-order valence-electron chi connectivity index (χ2n) is 5.57. The molecule has 0 aromatic heterocycles. The number of hydrogen-bond donors (Lipinski definition) is 2. The van der Waals surface area contributed by atoms with Crippen molar-refractivity contribution in [3.63, 3.8) is 0 Å². The fraction of sp³-hybridized carbons (Fsp3) is 0.467. The van der Waals surface area contributed by atoms with Crippen molar-refractivity contribution in [1.82, 2.24) is 4.90 Å². The van der Waals surface area contributed by atoms with Crippen molar-refractivity contribution >= 4 is 33.6 Å². The molecule has 1 aromatic carbocycles. The third kappa shape index (κ3) is 5.04. The first-order chi connectivity index (χ1) is 9.72. The number of halogens is 1. The van der Waals surface area contributed by atoms with Gasteiger partial charge in [0.05, 0.1) is 11.3 Å². The van der Waals surface area contributed by atoms with E-state index in [0.29, 0.717) is 22.6 Å². The van der Waals surface area contributed by atoms with E-state index in [9.17, 15) is 9.59 Å². The number of carbonyl (C=O) groups excluding carboxylic acids is 1. The number of carboxylic acid groups (broad SMARTS) is 1. The zero-order valence-electron chi connectivity index (χ0n) is 12.7. The van der Waals surface area contributed by atoms with Crippen molar-refractivity contribution in [3.05, 3.63) is 28.2 Å². The highest BCUT2D eigenvalue weighted by Gasteiger charge is 2.19. The van der Waals surface area contributed by atoms with Crippen LogP contribution in [0.2, 0.25) is 0 Å². The smallest absolute Gasteiger partial charge is 0.335 e. The first-order valence-corrected chi connectivity index (χ1v) is 7.62. The highest BCUT2D eigenvalue weighted by molar-refractivity contribution is 9.10. The maximum absolute atomic E-state index is 12.4. The normalized spacial score (nSPS) is 10.8. The molecule has 6 heteroatoms. The van der Waals surface area contributed by atoms with Gasteiger partial charge < -0.3 is 15.3 Å². The lowest BCUT2D eigenvalue weighted by atomic mass is 10.2. The molecular formula is C15H21BrN2O3. The van der Waals surface area contributed by atoms with Crippen LogP contribution in [0.1, 0.15) is 38.1 Å². The molecule has 5 nitrogen and oxygen atoms in total. The average Bonchev–Trinajstić information content (AvgIpc) is 2.37. The highest BCUT2D eigenvalue weighted by Crippen LogP contribution is 2.24. The molecule has 0 atom stereocenters. The van der Waals surface area contributed by atoms with Crippen molar-refractivity contribution in [2.75, 3.05) is 11.9 Å². The molecule has 0 saturated heterocycles. The molecule has 21 heavy (non-hydrogen) atoms. The van der Waals surface area contributed by atoms with Crippen molar-refractivity contribution in [2.24, 2.45) is 5.92 Å². The Balaban J connectivity index is 2.95. The summed E-state index contributed by atoms with van der Waals surface area (Å²) < 4.78 is 0.647. The number of carbonyl (C=O) groups is 2. The summed E-state index contributed by atoms with van der Waals surface area (Å²) in [7, 11) is 0. The van der Waals surface area contributed by atoms with E-state index in [1.165, 1.54) is 12.1 Å². The Morgan fingerprint density at radius 1 is 1.29 bits per heavy atom. The quantitative estimate of drug-likeness (QED) is 0.835. The van der Waals surface area contributed by atoms with E-state index in [1.54, 1.807) is 11.0 Å². The summed E-state index contributed by atoms with van der Waals surface area (Å²) in [6, 6.07) is 4.37. The fourth-order valence-corrected chi connectivity index (χ4v) is 2.21. The van der Waals surface area contributed by atoms with Gasteiger partial charge >= 0.3 is 12.0 Å². The van der Waals surface area contributed by atoms with Gasteiger partial charge in [-0.3, -0.25) is 0 Å². The minimum Gasteiger partial charge on any atom is -0.478 e. The molecule has 0 aliphatic heterocycles. The molecule has 2 amide bonds. The average molecular weight is 357 g/mol. The molecule has 0 saturated carbocycles. The van der Waals surface area contributed by atoms with Crippen LogP contribution in [0.5, 0.6) is 0 Å². The third-order valence-corrected chi connectivity index (χ3v) is 3.59. The molecule has 0 aliphatic carbocycles. The highest BCUT2D eigenvalue weighted by atomic mass is 79.9. The lowest BCUT2D eigenvalue weighted by Gasteiger charge is -2.28. The van der Waals surface area contributed by atoms with Gasteiger partial charge in [-0.25, -0.2) is 9.59 Å². The Morgan fingerprint density at radius 2 is 1.90 bits per heavy atom. The molecule has 2 N–H and O–H groups in total. The molecule has 0 radical (unpaired) electrons. The number of anilines is 1.